The summed E-state index contributed by atoms with van der Waals surface area (Å²) in [5.41, 5.74) is 7.29. The Morgan fingerprint density at radius 1 is 1.22 bits per heavy atom. The Kier molecular flexibility index (Phi) is 6.01. The van der Waals surface area contributed by atoms with Crippen LogP contribution in [0.4, 0.5) is 14.9 Å². The van der Waals surface area contributed by atoms with Crippen LogP contribution in [0.15, 0.2) is 48.5 Å². The number of nitrogens with two attached hydrogens (primary N) is 1. The largest absolute Gasteiger partial charge is 0.445 e. The highest BCUT2D eigenvalue weighted by molar-refractivity contribution is 5.67. The summed E-state index contributed by atoms with van der Waals surface area (Å²) in [7, 11) is 0. The SMILES string of the molecule is Nc1cc(F)cc(C#CCCNC(=O)OCc2ccccc2)c1. The van der Waals surface area contributed by atoms with Crippen molar-refractivity contribution in [3.63, 3.8) is 0 Å². The zero-order valence-electron chi connectivity index (χ0n) is 12.5. The standard InChI is InChI=1S/C18H17FN2O2/c19-16-10-15(11-17(20)12-16)8-4-5-9-21-18(22)23-13-14-6-2-1-3-7-14/h1-3,6-7,10-12H,5,9,13,20H2,(H,21,22). The molecule has 1 amide bonds. The van der Waals surface area contributed by atoms with Gasteiger partial charge in [0, 0.05) is 24.2 Å². The molecular formula is C18H17FN2O2. The quantitative estimate of drug-likeness (QED) is 0.518. The van der Waals surface area contributed by atoms with Crippen molar-refractivity contribution in [2.75, 3.05) is 12.3 Å². The van der Waals surface area contributed by atoms with Crippen LogP contribution in [0.2, 0.25) is 0 Å². The van der Waals surface area contributed by atoms with E-state index in [1.807, 2.05) is 30.3 Å². The van der Waals surface area contributed by atoms with Crippen molar-refractivity contribution >= 4 is 11.8 Å². The molecule has 0 spiro atoms. The molecule has 23 heavy (non-hydrogen) atoms. The molecule has 2 aromatic carbocycles. The average Bonchev–Trinajstić information content (AvgIpc) is 2.53. The fraction of sp³-hybridized carbons (Fsp3) is 0.167. The molecule has 4 nitrogen and oxygen atoms in total. The number of nitrogens with one attached hydrogen (secondary N) is 1. The molecular weight excluding hydrogens is 295 g/mol. The number of halogens is 1. The summed E-state index contributed by atoms with van der Waals surface area (Å²) in [5, 5.41) is 2.60. The molecule has 2 aromatic rings. The summed E-state index contributed by atoms with van der Waals surface area (Å²) >= 11 is 0. The van der Waals surface area contributed by atoms with Gasteiger partial charge < -0.3 is 15.8 Å². The van der Waals surface area contributed by atoms with E-state index < -0.39 is 11.9 Å². The number of carbonyl (C=O) groups is 1. The molecule has 2 rings (SSSR count). The number of ether oxygens (including phenoxy) is 1. The van der Waals surface area contributed by atoms with Gasteiger partial charge in [0.15, 0.2) is 0 Å². The van der Waals surface area contributed by atoms with Crippen LogP contribution < -0.4 is 11.1 Å². The highest BCUT2D eigenvalue weighted by atomic mass is 19.1. The van der Waals surface area contributed by atoms with Crippen LogP contribution in [0.5, 0.6) is 0 Å². The first-order valence-electron chi connectivity index (χ1n) is 7.13. The topological polar surface area (TPSA) is 64.3 Å². The maximum Gasteiger partial charge on any atom is 0.407 e. The van der Waals surface area contributed by atoms with Crippen LogP contribution >= 0.6 is 0 Å². The summed E-state index contributed by atoms with van der Waals surface area (Å²) < 4.78 is 18.2. The minimum Gasteiger partial charge on any atom is -0.445 e. The van der Waals surface area contributed by atoms with Gasteiger partial charge in [-0.05, 0) is 23.8 Å². The lowest BCUT2D eigenvalue weighted by Crippen LogP contribution is -2.24. The van der Waals surface area contributed by atoms with E-state index in [4.69, 9.17) is 10.5 Å². The van der Waals surface area contributed by atoms with Crippen molar-refractivity contribution in [3.8, 4) is 11.8 Å². The third kappa shape index (κ3) is 6.10. The van der Waals surface area contributed by atoms with Gasteiger partial charge in [-0.15, -0.1) is 0 Å². The molecule has 0 fully saturated rings. The fourth-order valence-corrected chi connectivity index (χ4v) is 1.85. The van der Waals surface area contributed by atoms with Crippen molar-refractivity contribution in [2.24, 2.45) is 0 Å². The normalized spacial score (nSPS) is 9.61. The van der Waals surface area contributed by atoms with E-state index in [1.165, 1.54) is 12.1 Å². The van der Waals surface area contributed by atoms with Gasteiger partial charge in [-0.2, -0.15) is 0 Å². The van der Waals surface area contributed by atoms with Gasteiger partial charge in [-0.25, -0.2) is 9.18 Å². The lowest BCUT2D eigenvalue weighted by atomic mass is 10.2. The third-order valence-corrected chi connectivity index (χ3v) is 2.88. The maximum absolute atomic E-state index is 13.1. The molecule has 0 heterocycles. The van der Waals surface area contributed by atoms with E-state index in [0.717, 1.165) is 5.56 Å². The van der Waals surface area contributed by atoms with Gasteiger partial charge >= 0.3 is 6.09 Å². The Labute approximate surface area is 134 Å². The molecule has 0 aliphatic heterocycles. The minimum absolute atomic E-state index is 0.223. The summed E-state index contributed by atoms with van der Waals surface area (Å²) in [5.74, 6) is 5.22. The number of carbonyl (C=O) groups excluding carboxylic acids is 1. The van der Waals surface area contributed by atoms with Crippen LogP contribution in [-0.2, 0) is 11.3 Å². The highest BCUT2D eigenvalue weighted by Gasteiger charge is 2.00. The van der Waals surface area contributed by atoms with E-state index in [-0.39, 0.29) is 6.61 Å². The van der Waals surface area contributed by atoms with Crippen molar-refractivity contribution in [2.45, 2.75) is 13.0 Å². The zero-order valence-corrected chi connectivity index (χ0v) is 12.5. The van der Waals surface area contributed by atoms with Crippen LogP contribution in [0.25, 0.3) is 0 Å². The molecule has 0 bridgehead atoms. The number of nitrogen functional groups attached to an aromatic ring is 1. The van der Waals surface area contributed by atoms with E-state index in [0.29, 0.717) is 24.2 Å². The lowest BCUT2D eigenvalue weighted by Gasteiger charge is -2.05. The molecule has 118 valence electrons. The first-order valence-corrected chi connectivity index (χ1v) is 7.13. The molecule has 3 N–H and O–H groups in total. The monoisotopic (exact) mass is 312 g/mol. The molecule has 0 aliphatic rings. The van der Waals surface area contributed by atoms with Crippen molar-refractivity contribution < 1.29 is 13.9 Å². The van der Waals surface area contributed by atoms with Crippen LogP contribution in [-0.4, -0.2) is 12.6 Å². The second-order valence-corrected chi connectivity index (χ2v) is 4.81. The molecule has 5 heteroatoms. The lowest BCUT2D eigenvalue weighted by molar-refractivity contribution is 0.140. The highest BCUT2D eigenvalue weighted by Crippen LogP contribution is 2.09. The Morgan fingerprint density at radius 2 is 2.00 bits per heavy atom. The Hall–Kier alpha value is -3.00. The van der Waals surface area contributed by atoms with Gasteiger partial charge in [0.25, 0.3) is 0 Å². The average molecular weight is 312 g/mol. The number of hydrogen-bond donors (Lipinski definition) is 2. The van der Waals surface area contributed by atoms with Crippen molar-refractivity contribution in [1.82, 2.24) is 5.32 Å². The molecule has 0 aromatic heterocycles. The van der Waals surface area contributed by atoms with Gasteiger partial charge in [0.1, 0.15) is 12.4 Å². The Morgan fingerprint density at radius 3 is 2.74 bits per heavy atom. The second-order valence-electron chi connectivity index (χ2n) is 4.81. The number of anilines is 1. The van der Waals surface area contributed by atoms with E-state index in [1.54, 1.807) is 6.07 Å². The number of hydrogen-bond acceptors (Lipinski definition) is 3. The minimum atomic E-state index is -0.495. The predicted octanol–water partition coefficient (Wildman–Crippen LogP) is 3.08. The Bertz CT molecular complexity index is 701. The third-order valence-electron chi connectivity index (χ3n) is 2.88. The van der Waals surface area contributed by atoms with E-state index in [9.17, 15) is 9.18 Å². The first-order chi connectivity index (χ1) is 11.1. The first kappa shape index (κ1) is 16.4. The number of alkyl carbamates (subject to hydrolysis) is 1. The summed E-state index contributed by atoms with van der Waals surface area (Å²) in [4.78, 5) is 11.5. The van der Waals surface area contributed by atoms with Crippen LogP contribution in [0, 0.1) is 17.7 Å². The van der Waals surface area contributed by atoms with Gasteiger partial charge in [-0.1, -0.05) is 42.2 Å². The predicted molar refractivity (Wildman–Crippen MR) is 86.9 cm³/mol. The number of rotatable bonds is 4. The van der Waals surface area contributed by atoms with Gasteiger partial charge in [0.05, 0.1) is 0 Å². The van der Waals surface area contributed by atoms with Crippen molar-refractivity contribution in [1.29, 1.82) is 0 Å². The zero-order chi connectivity index (χ0) is 16.5. The van der Waals surface area contributed by atoms with E-state index >= 15 is 0 Å². The molecule has 0 saturated heterocycles. The summed E-state index contributed by atoms with van der Waals surface area (Å²) in [6.45, 7) is 0.576. The fourth-order valence-electron chi connectivity index (χ4n) is 1.85. The Balaban J connectivity index is 1.69. The number of benzene rings is 2. The van der Waals surface area contributed by atoms with Crippen LogP contribution in [0.3, 0.4) is 0 Å². The van der Waals surface area contributed by atoms with Gasteiger partial charge in [0.2, 0.25) is 0 Å². The van der Waals surface area contributed by atoms with Gasteiger partial charge in [-0.3, -0.25) is 0 Å². The van der Waals surface area contributed by atoms with Crippen molar-refractivity contribution in [3.05, 3.63) is 65.5 Å². The molecule has 0 unspecified atom stereocenters. The molecule has 0 atom stereocenters. The molecule has 0 radical (unpaired) electrons. The molecule has 0 aliphatic carbocycles. The maximum atomic E-state index is 13.1. The smallest absolute Gasteiger partial charge is 0.407 e. The van der Waals surface area contributed by atoms with Crippen LogP contribution in [0.1, 0.15) is 17.5 Å². The second kappa shape index (κ2) is 8.44. The summed E-state index contributed by atoms with van der Waals surface area (Å²) in [6, 6.07) is 13.6. The molecule has 0 saturated carbocycles. The number of amides is 1. The summed E-state index contributed by atoms with van der Waals surface area (Å²) in [6.07, 6.45) is -0.0673. The van der Waals surface area contributed by atoms with E-state index in [2.05, 4.69) is 17.2 Å².